The third kappa shape index (κ3) is 2.52. The fraction of sp³-hybridized carbons (Fsp3) is 0.318. The van der Waals surface area contributed by atoms with Crippen LogP contribution in [0.2, 0.25) is 0 Å². The SMILES string of the molecule is COc1ccc([C@@H]2C3=C(CCCC3=O)Nc3cc4c(cc32)OCO4)cc1OC. The lowest BCUT2D eigenvalue weighted by Gasteiger charge is -2.34. The maximum atomic E-state index is 12.9. The van der Waals surface area contributed by atoms with Crippen LogP contribution in [0.5, 0.6) is 23.0 Å². The number of nitrogens with one attached hydrogen (secondary N) is 1. The van der Waals surface area contributed by atoms with Crippen LogP contribution in [0.15, 0.2) is 41.6 Å². The van der Waals surface area contributed by atoms with E-state index in [1.165, 1.54) is 0 Å². The third-order valence-electron chi connectivity index (χ3n) is 5.63. The van der Waals surface area contributed by atoms with Gasteiger partial charge in [0.1, 0.15) is 0 Å². The second-order valence-corrected chi connectivity index (χ2v) is 7.13. The van der Waals surface area contributed by atoms with Crippen molar-refractivity contribution in [2.45, 2.75) is 25.2 Å². The van der Waals surface area contributed by atoms with E-state index < -0.39 is 0 Å². The van der Waals surface area contributed by atoms with E-state index in [9.17, 15) is 4.79 Å². The normalized spacial score (nSPS) is 19.6. The molecule has 0 radical (unpaired) electrons. The van der Waals surface area contributed by atoms with Crippen LogP contribution in [-0.4, -0.2) is 26.8 Å². The molecule has 2 aliphatic heterocycles. The summed E-state index contributed by atoms with van der Waals surface area (Å²) in [5.41, 5.74) is 4.79. The molecule has 5 rings (SSSR count). The highest BCUT2D eigenvalue weighted by Crippen LogP contribution is 2.50. The summed E-state index contributed by atoms with van der Waals surface area (Å²) in [6.45, 7) is 0.214. The number of carbonyl (C=O) groups excluding carboxylic acids is 1. The zero-order valence-corrected chi connectivity index (χ0v) is 15.8. The molecule has 6 heteroatoms. The average Bonchev–Trinajstić information content (AvgIpc) is 3.17. The first-order chi connectivity index (χ1) is 13.7. The van der Waals surface area contributed by atoms with E-state index in [2.05, 4.69) is 5.32 Å². The van der Waals surface area contributed by atoms with Crippen molar-refractivity contribution in [1.29, 1.82) is 0 Å². The van der Waals surface area contributed by atoms with Crippen molar-refractivity contribution < 1.29 is 23.7 Å². The minimum atomic E-state index is -0.187. The van der Waals surface area contributed by atoms with Gasteiger partial charge in [-0.3, -0.25) is 4.79 Å². The lowest BCUT2D eigenvalue weighted by molar-refractivity contribution is -0.116. The summed E-state index contributed by atoms with van der Waals surface area (Å²) in [5.74, 6) is 2.74. The Hall–Kier alpha value is -3.15. The average molecular weight is 379 g/mol. The zero-order valence-electron chi connectivity index (χ0n) is 15.8. The molecule has 0 saturated carbocycles. The van der Waals surface area contributed by atoms with E-state index in [4.69, 9.17) is 18.9 Å². The number of fused-ring (bicyclic) bond motifs is 2. The summed E-state index contributed by atoms with van der Waals surface area (Å²) in [4.78, 5) is 12.9. The summed E-state index contributed by atoms with van der Waals surface area (Å²) >= 11 is 0. The topological polar surface area (TPSA) is 66.0 Å². The molecule has 1 atom stereocenters. The van der Waals surface area contributed by atoms with E-state index in [-0.39, 0.29) is 18.5 Å². The largest absolute Gasteiger partial charge is 0.493 e. The Morgan fingerprint density at radius 1 is 1.00 bits per heavy atom. The van der Waals surface area contributed by atoms with Crippen molar-refractivity contribution in [3.05, 3.63) is 52.7 Å². The number of hydrogen-bond acceptors (Lipinski definition) is 6. The van der Waals surface area contributed by atoms with Gasteiger partial charge in [0.05, 0.1) is 14.2 Å². The molecule has 0 saturated heterocycles. The number of methoxy groups -OCH3 is 2. The van der Waals surface area contributed by atoms with E-state index in [0.717, 1.165) is 46.7 Å². The molecule has 0 unspecified atom stereocenters. The Bertz CT molecular complexity index is 1010. The fourth-order valence-corrected chi connectivity index (χ4v) is 4.33. The first kappa shape index (κ1) is 17.0. The summed E-state index contributed by atoms with van der Waals surface area (Å²) in [7, 11) is 3.23. The molecule has 28 heavy (non-hydrogen) atoms. The van der Waals surface area contributed by atoms with E-state index in [1.807, 2.05) is 30.3 Å². The molecule has 0 bridgehead atoms. The first-order valence-electron chi connectivity index (χ1n) is 9.38. The maximum Gasteiger partial charge on any atom is 0.231 e. The molecule has 6 nitrogen and oxygen atoms in total. The highest BCUT2D eigenvalue weighted by molar-refractivity contribution is 6.01. The summed E-state index contributed by atoms with van der Waals surface area (Å²) in [6, 6.07) is 9.79. The molecule has 1 N–H and O–H groups in total. The molecule has 0 fully saturated rings. The monoisotopic (exact) mass is 379 g/mol. The summed E-state index contributed by atoms with van der Waals surface area (Å²) in [5, 5.41) is 3.48. The van der Waals surface area contributed by atoms with Gasteiger partial charge in [-0.05, 0) is 42.2 Å². The molecular formula is C22H21NO5. The number of anilines is 1. The van der Waals surface area contributed by atoms with Crippen molar-refractivity contribution >= 4 is 11.5 Å². The number of carbonyl (C=O) groups is 1. The number of benzene rings is 2. The van der Waals surface area contributed by atoms with Gasteiger partial charge < -0.3 is 24.3 Å². The Kier molecular flexibility index (Phi) is 3.93. The van der Waals surface area contributed by atoms with Gasteiger partial charge in [0.25, 0.3) is 0 Å². The molecule has 2 aromatic rings. The van der Waals surface area contributed by atoms with Crippen molar-refractivity contribution in [3.8, 4) is 23.0 Å². The van der Waals surface area contributed by atoms with Crippen LogP contribution in [0.25, 0.3) is 0 Å². The van der Waals surface area contributed by atoms with Crippen LogP contribution in [0.4, 0.5) is 5.69 Å². The van der Waals surface area contributed by atoms with Crippen molar-refractivity contribution in [3.63, 3.8) is 0 Å². The predicted octanol–water partition coefficient (Wildman–Crippen LogP) is 4.00. The van der Waals surface area contributed by atoms with Crippen molar-refractivity contribution in [1.82, 2.24) is 0 Å². The van der Waals surface area contributed by atoms with Crippen LogP contribution >= 0.6 is 0 Å². The zero-order chi connectivity index (χ0) is 19.3. The molecule has 1 aliphatic carbocycles. The minimum absolute atomic E-state index is 0.187. The molecule has 2 heterocycles. The lowest BCUT2D eigenvalue weighted by Crippen LogP contribution is -2.26. The van der Waals surface area contributed by atoms with E-state index >= 15 is 0 Å². The highest BCUT2D eigenvalue weighted by Gasteiger charge is 2.36. The number of Topliss-reactive ketones (excluding diaryl/α,β-unsaturated/α-hetero) is 1. The fourth-order valence-electron chi connectivity index (χ4n) is 4.33. The van der Waals surface area contributed by atoms with Gasteiger partial charge in [-0.25, -0.2) is 0 Å². The van der Waals surface area contributed by atoms with Crippen LogP contribution < -0.4 is 24.3 Å². The highest BCUT2D eigenvalue weighted by atomic mass is 16.7. The van der Waals surface area contributed by atoms with Gasteiger partial charge in [-0.15, -0.1) is 0 Å². The number of ketones is 1. The molecule has 0 spiro atoms. The smallest absolute Gasteiger partial charge is 0.231 e. The predicted molar refractivity (Wildman–Crippen MR) is 103 cm³/mol. The lowest BCUT2D eigenvalue weighted by atomic mass is 9.75. The second kappa shape index (κ2) is 6.48. The Balaban J connectivity index is 1.72. The Labute approximate surface area is 163 Å². The van der Waals surface area contributed by atoms with Crippen LogP contribution in [0, 0.1) is 0 Å². The number of ether oxygens (including phenoxy) is 4. The molecule has 2 aromatic carbocycles. The molecular weight excluding hydrogens is 358 g/mol. The molecule has 0 amide bonds. The van der Waals surface area contributed by atoms with Crippen LogP contribution in [-0.2, 0) is 4.79 Å². The van der Waals surface area contributed by atoms with E-state index in [0.29, 0.717) is 23.7 Å². The number of allylic oxidation sites excluding steroid dienone is 2. The quantitative estimate of drug-likeness (QED) is 0.870. The van der Waals surface area contributed by atoms with Gasteiger partial charge in [-0.1, -0.05) is 6.07 Å². The van der Waals surface area contributed by atoms with E-state index in [1.54, 1.807) is 14.2 Å². The molecule has 144 valence electrons. The third-order valence-corrected chi connectivity index (χ3v) is 5.63. The van der Waals surface area contributed by atoms with Gasteiger partial charge in [0, 0.05) is 35.4 Å². The van der Waals surface area contributed by atoms with Crippen LogP contribution in [0.1, 0.15) is 36.3 Å². The number of hydrogen-bond donors (Lipinski definition) is 1. The van der Waals surface area contributed by atoms with Crippen molar-refractivity contribution in [2.24, 2.45) is 0 Å². The minimum Gasteiger partial charge on any atom is -0.493 e. The number of rotatable bonds is 3. The summed E-state index contributed by atoms with van der Waals surface area (Å²) in [6.07, 6.45) is 2.30. The standard InChI is InChI=1S/C22H21NO5/c1-25-17-7-6-12(8-18(17)26-2)21-13-9-19-20(28-11-27-19)10-15(13)23-14-4-3-5-16(24)22(14)21/h6-10,21,23H,3-5,11H2,1-2H3/t21-/m0/s1. The van der Waals surface area contributed by atoms with Gasteiger partial charge in [0.2, 0.25) is 6.79 Å². The second-order valence-electron chi connectivity index (χ2n) is 7.13. The van der Waals surface area contributed by atoms with Gasteiger partial charge >= 0.3 is 0 Å². The molecule has 3 aliphatic rings. The molecule has 0 aromatic heterocycles. The van der Waals surface area contributed by atoms with Gasteiger partial charge in [0.15, 0.2) is 28.8 Å². The van der Waals surface area contributed by atoms with Crippen molar-refractivity contribution in [2.75, 3.05) is 26.3 Å². The Morgan fingerprint density at radius 2 is 1.79 bits per heavy atom. The Morgan fingerprint density at radius 3 is 2.57 bits per heavy atom. The van der Waals surface area contributed by atoms with Gasteiger partial charge in [-0.2, -0.15) is 0 Å². The maximum absolute atomic E-state index is 12.9. The first-order valence-corrected chi connectivity index (χ1v) is 9.38. The van der Waals surface area contributed by atoms with Crippen LogP contribution in [0.3, 0.4) is 0 Å². The summed E-state index contributed by atoms with van der Waals surface area (Å²) < 4.78 is 22.0.